The van der Waals surface area contributed by atoms with Crippen LogP contribution in [0.4, 0.5) is 0 Å². The lowest BCUT2D eigenvalue weighted by Gasteiger charge is -2.12. The van der Waals surface area contributed by atoms with Gasteiger partial charge in [-0.15, -0.1) is 0 Å². The summed E-state index contributed by atoms with van der Waals surface area (Å²) >= 11 is 0. The van der Waals surface area contributed by atoms with Gasteiger partial charge >= 0.3 is 0 Å². The molecule has 0 rings (SSSR count). The van der Waals surface area contributed by atoms with E-state index < -0.39 is 6.04 Å². The van der Waals surface area contributed by atoms with E-state index in [9.17, 15) is 14.4 Å². The first-order valence-corrected chi connectivity index (χ1v) is 17.9. The smallest absolute Gasteiger partial charge is 0.220 e. The molecule has 0 aliphatic heterocycles. The van der Waals surface area contributed by atoms with E-state index in [2.05, 4.69) is 19.2 Å². The number of nitrogens with one attached hydrogen (secondary N) is 1. The van der Waals surface area contributed by atoms with Gasteiger partial charge in [0.15, 0.2) is 5.78 Å². The van der Waals surface area contributed by atoms with Crippen LogP contribution >= 0.6 is 0 Å². The Morgan fingerprint density at radius 2 is 0.725 bits per heavy atom. The molecule has 0 aromatic heterocycles. The second kappa shape index (κ2) is 32.3. The Bertz CT molecular complexity index is 562. The number of rotatable bonds is 33. The molecule has 236 valence electrons. The molecular formula is C36H69NO3. The molecule has 0 spiro atoms. The fourth-order valence-corrected chi connectivity index (χ4v) is 5.57. The molecule has 1 amide bonds. The minimum atomic E-state index is -0.957. The fourth-order valence-electron chi connectivity index (χ4n) is 5.57. The number of amides is 1. The number of aldehydes is 1. The van der Waals surface area contributed by atoms with E-state index in [0.29, 0.717) is 19.1 Å². The van der Waals surface area contributed by atoms with Crippen LogP contribution < -0.4 is 5.32 Å². The van der Waals surface area contributed by atoms with Crippen molar-refractivity contribution in [2.45, 2.75) is 213 Å². The Morgan fingerprint density at radius 3 is 1.02 bits per heavy atom. The highest BCUT2D eigenvalue weighted by Gasteiger charge is 2.19. The summed E-state index contributed by atoms with van der Waals surface area (Å²) in [5, 5.41) is 2.66. The first kappa shape index (κ1) is 38.8. The van der Waals surface area contributed by atoms with E-state index in [1.807, 2.05) is 0 Å². The van der Waals surface area contributed by atoms with Crippen LogP contribution in [0.2, 0.25) is 0 Å². The molecule has 0 radical (unpaired) electrons. The maximum absolute atomic E-state index is 12.4. The summed E-state index contributed by atoms with van der Waals surface area (Å²) in [5.74, 6) is -0.298. The van der Waals surface area contributed by atoms with E-state index in [0.717, 1.165) is 32.1 Å². The molecule has 40 heavy (non-hydrogen) atoms. The van der Waals surface area contributed by atoms with Gasteiger partial charge in [-0.3, -0.25) is 9.59 Å². The van der Waals surface area contributed by atoms with Crippen molar-refractivity contribution in [2.24, 2.45) is 0 Å². The highest BCUT2D eigenvalue weighted by atomic mass is 16.2. The van der Waals surface area contributed by atoms with Gasteiger partial charge in [0.25, 0.3) is 0 Å². The highest BCUT2D eigenvalue weighted by Crippen LogP contribution is 2.15. The maximum Gasteiger partial charge on any atom is 0.220 e. The molecule has 0 aliphatic carbocycles. The van der Waals surface area contributed by atoms with Crippen LogP contribution in [0.5, 0.6) is 0 Å². The molecule has 0 saturated carbocycles. The van der Waals surface area contributed by atoms with Gasteiger partial charge in [0.05, 0.1) is 0 Å². The third-order valence-electron chi connectivity index (χ3n) is 8.33. The Hall–Kier alpha value is -1.19. The lowest BCUT2D eigenvalue weighted by Crippen LogP contribution is -2.41. The largest absolute Gasteiger partial charge is 0.340 e. The predicted molar refractivity (Wildman–Crippen MR) is 173 cm³/mol. The molecular weight excluding hydrogens is 494 g/mol. The molecule has 0 saturated heterocycles. The minimum Gasteiger partial charge on any atom is -0.340 e. The summed E-state index contributed by atoms with van der Waals surface area (Å²) in [6.07, 6.45) is 37.2. The van der Waals surface area contributed by atoms with Crippen molar-refractivity contribution in [1.29, 1.82) is 0 Å². The van der Waals surface area contributed by atoms with Gasteiger partial charge in [-0.25, -0.2) is 0 Å². The predicted octanol–water partition coefficient (Wildman–Crippen LogP) is 11.0. The van der Waals surface area contributed by atoms with Gasteiger partial charge in [0.1, 0.15) is 12.3 Å². The van der Waals surface area contributed by atoms with Gasteiger partial charge in [-0.05, 0) is 12.8 Å². The molecule has 0 aromatic rings. The second-order valence-electron chi connectivity index (χ2n) is 12.3. The van der Waals surface area contributed by atoms with Crippen LogP contribution in [0, 0.1) is 0 Å². The first-order chi connectivity index (χ1) is 19.7. The van der Waals surface area contributed by atoms with Crippen LogP contribution in [-0.2, 0) is 14.4 Å². The normalized spacial score (nSPS) is 11.9. The van der Waals surface area contributed by atoms with Crippen molar-refractivity contribution in [1.82, 2.24) is 5.32 Å². The number of hydrogen-bond donors (Lipinski definition) is 1. The number of hydrogen-bond acceptors (Lipinski definition) is 3. The SMILES string of the molecule is CCCCCCCCCCCCCCCCCC(=O)NC(C=O)C(=O)CCCCCCCCCCCCCCC. The zero-order valence-electron chi connectivity index (χ0n) is 27.1. The highest BCUT2D eigenvalue weighted by molar-refractivity contribution is 6.00. The first-order valence-electron chi connectivity index (χ1n) is 17.9. The molecule has 0 bridgehead atoms. The molecule has 0 fully saturated rings. The summed E-state index contributed by atoms with van der Waals surface area (Å²) < 4.78 is 0. The van der Waals surface area contributed by atoms with Crippen LogP contribution in [0.1, 0.15) is 206 Å². The number of ketones is 1. The van der Waals surface area contributed by atoms with Gasteiger partial charge in [0, 0.05) is 12.8 Å². The molecule has 4 heteroatoms. The van der Waals surface area contributed by atoms with Gasteiger partial charge in [0.2, 0.25) is 5.91 Å². The van der Waals surface area contributed by atoms with Crippen molar-refractivity contribution in [3.63, 3.8) is 0 Å². The lowest BCUT2D eigenvalue weighted by atomic mass is 10.0. The van der Waals surface area contributed by atoms with Crippen molar-refractivity contribution in [3.05, 3.63) is 0 Å². The van der Waals surface area contributed by atoms with E-state index in [1.54, 1.807) is 0 Å². The summed E-state index contributed by atoms with van der Waals surface area (Å²) in [6.45, 7) is 4.53. The topological polar surface area (TPSA) is 63.2 Å². The standard InChI is InChI=1S/C36H69NO3/c1-3-5-7-9-11-13-15-17-18-20-22-24-26-28-30-32-36(40)37-34(33-38)35(39)31-29-27-25-23-21-19-16-14-12-10-8-6-4-2/h33-34H,3-32H2,1-2H3,(H,37,40). The molecule has 0 heterocycles. The van der Waals surface area contributed by atoms with Gasteiger partial charge in [-0.2, -0.15) is 0 Å². The van der Waals surface area contributed by atoms with Crippen molar-refractivity contribution in [3.8, 4) is 0 Å². The number of carbonyl (C=O) groups excluding carboxylic acids is 3. The summed E-state index contributed by atoms with van der Waals surface area (Å²) in [7, 11) is 0. The number of unbranched alkanes of at least 4 members (excludes halogenated alkanes) is 26. The van der Waals surface area contributed by atoms with Crippen LogP contribution in [0.25, 0.3) is 0 Å². The van der Waals surface area contributed by atoms with Crippen LogP contribution in [0.3, 0.4) is 0 Å². The van der Waals surface area contributed by atoms with Gasteiger partial charge in [-0.1, -0.05) is 181 Å². The molecule has 0 aliphatic rings. The van der Waals surface area contributed by atoms with E-state index in [4.69, 9.17) is 0 Å². The van der Waals surface area contributed by atoms with Crippen molar-refractivity contribution in [2.75, 3.05) is 0 Å². The Labute approximate surface area is 250 Å². The van der Waals surface area contributed by atoms with E-state index in [1.165, 1.54) is 148 Å². The molecule has 1 N–H and O–H groups in total. The summed E-state index contributed by atoms with van der Waals surface area (Å²) in [4.78, 5) is 36.0. The number of carbonyl (C=O) groups is 3. The average molecular weight is 564 g/mol. The Morgan fingerprint density at radius 1 is 0.450 bits per heavy atom. The molecule has 0 aromatic carbocycles. The van der Waals surface area contributed by atoms with Crippen molar-refractivity contribution >= 4 is 18.0 Å². The number of Topliss-reactive ketones (excluding diaryl/α,β-unsaturated/α-hetero) is 1. The minimum absolute atomic E-state index is 0.136. The maximum atomic E-state index is 12.4. The zero-order chi connectivity index (χ0) is 29.4. The average Bonchev–Trinajstić information content (AvgIpc) is 2.96. The summed E-state index contributed by atoms with van der Waals surface area (Å²) in [6, 6.07) is -0.957. The third-order valence-corrected chi connectivity index (χ3v) is 8.33. The second-order valence-corrected chi connectivity index (χ2v) is 12.3. The van der Waals surface area contributed by atoms with Crippen molar-refractivity contribution < 1.29 is 14.4 Å². The Kier molecular flexibility index (Phi) is 31.4. The molecule has 1 atom stereocenters. The van der Waals surface area contributed by atoms with E-state index in [-0.39, 0.29) is 11.7 Å². The summed E-state index contributed by atoms with van der Waals surface area (Å²) in [5.41, 5.74) is 0. The quantitative estimate of drug-likeness (QED) is 0.0490. The van der Waals surface area contributed by atoms with Crippen LogP contribution in [0.15, 0.2) is 0 Å². The van der Waals surface area contributed by atoms with Crippen LogP contribution in [-0.4, -0.2) is 24.0 Å². The van der Waals surface area contributed by atoms with E-state index >= 15 is 0 Å². The monoisotopic (exact) mass is 564 g/mol. The third kappa shape index (κ3) is 28.3. The van der Waals surface area contributed by atoms with Gasteiger partial charge < -0.3 is 10.1 Å². The Balaban J connectivity index is 3.54. The fraction of sp³-hybridized carbons (Fsp3) is 0.917. The molecule has 1 unspecified atom stereocenters. The molecule has 4 nitrogen and oxygen atoms in total. The zero-order valence-corrected chi connectivity index (χ0v) is 27.1. The lowest BCUT2D eigenvalue weighted by molar-refractivity contribution is -0.131.